The Hall–Kier alpha value is -2.89. The summed E-state index contributed by atoms with van der Waals surface area (Å²) in [5.74, 6) is -2.11. The fourth-order valence-corrected chi connectivity index (χ4v) is 4.41. The highest BCUT2D eigenvalue weighted by Crippen LogP contribution is 2.21. The first-order valence-electron chi connectivity index (χ1n) is 12.0. The largest absolute Gasteiger partial charge is 0.480 e. The van der Waals surface area contributed by atoms with Gasteiger partial charge in [-0.1, -0.05) is 13.8 Å². The third kappa shape index (κ3) is 8.15. The average molecular weight is 482 g/mol. The van der Waals surface area contributed by atoms with E-state index in [0.29, 0.717) is 32.2 Å². The molecular weight excluding hydrogens is 442 g/mol. The van der Waals surface area contributed by atoms with Crippen molar-refractivity contribution in [1.82, 2.24) is 20.9 Å². The zero-order valence-electron chi connectivity index (χ0n) is 20.1. The second kappa shape index (κ2) is 13.1. The highest BCUT2D eigenvalue weighted by atomic mass is 16.4. The molecule has 192 valence electrons. The Morgan fingerprint density at radius 3 is 2.38 bits per heavy atom. The Kier molecular flexibility index (Phi) is 10.6. The van der Waals surface area contributed by atoms with Gasteiger partial charge in [0.2, 0.25) is 17.7 Å². The first kappa shape index (κ1) is 27.4. The summed E-state index contributed by atoms with van der Waals surface area (Å²) < 4.78 is 0. The predicted molar refractivity (Wildman–Crippen MR) is 127 cm³/mol. The van der Waals surface area contributed by atoms with E-state index >= 15 is 0 Å². The van der Waals surface area contributed by atoms with E-state index < -0.39 is 30.0 Å². The van der Waals surface area contributed by atoms with Crippen LogP contribution in [0.1, 0.15) is 58.8 Å². The quantitative estimate of drug-likeness (QED) is 0.115. The van der Waals surface area contributed by atoms with Gasteiger partial charge in [-0.15, -0.1) is 0 Å². The van der Waals surface area contributed by atoms with Gasteiger partial charge < -0.3 is 37.4 Å². The van der Waals surface area contributed by atoms with Gasteiger partial charge in [0.1, 0.15) is 18.1 Å². The molecule has 4 atom stereocenters. The van der Waals surface area contributed by atoms with Crippen molar-refractivity contribution in [3.8, 4) is 0 Å². The maximum absolute atomic E-state index is 13.4. The molecule has 2 aliphatic heterocycles. The topological polar surface area (TPSA) is 192 Å². The van der Waals surface area contributed by atoms with Crippen molar-refractivity contribution in [2.45, 2.75) is 83.0 Å². The van der Waals surface area contributed by atoms with Crippen LogP contribution in [0.3, 0.4) is 0 Å². The maximum atomic E-state index is 13.4. The first-order valence-corrected chi connectivity index (χ1v) is 12.0. The minimum absolute atomic E-state index is 0.0808. The summed E-state index contributed by atoms with van der Waals surface area (Å²) in [5, 5.41) is 18.1. The van der Waals surface area contributed by atoms with Crippen LogP contribution in [0.5, 0.6) is 0 Å². The molecule has 12 heteroatoms. The number of aliphatic imine (C=N–C) groups is 1. The molecule has 0 aliphatic carbocycles. The van der Waals surface area contributed by atoms with E-state index in [1.807, 2.05) is 13.8 Å². The minimum Gasteiger partial charge on any atom is -0.480 e. The fraction of sp³-hybridized carbons (Fsp3) is 0.773. The molecule has 4 unspecified atom stereocenters. The van der Waals surface area contributed by atoms with Gasteiger partial charge in [-0.3, -0.25) is 19.4 Å². The number of amides is 3. The van der Waals surface area contributed by atoms with E-state index in [1.165, 1.54) is 4.90 Å². The molecule has 3 amide bonds. The minimum atomic E-state index is -1.16. The van der Waals surface area contributed by atoms with Gasteiger partial charge in [-0.05, 0) is 57.4 Å². The lowest BCUT2D eigenvalue weighted by Crippen LogP contribution is -2.57. The van der Waals surface area contributed by atoms with E-state index in [4.69, 9.17) is 11.5 Å². The molecule has 2 fully saturated rings. The van der Waals surface area contributed by atoms with E-state index in [2.05, 4.69) is 20.9 Å². The molecule has 2 saturated heterocycles. The summed E-state index contributed by atoms with van der Waals surface area (Å²) >= 11 is 0. The number of carbonyl (C=O) groups is 4. The summed E-state index contributed by atoms with van der Waals surface area (Å²) in [6.45, 7) is 5.34. The number of aliphatic carboxylic acids is 1. The molecule has 8 N–H and O–H groups in total. The molecule has 0 aromatic rings. The van der Waals surface area contributed by atoms with Crippen LogP contribution in [0.25, 0.3) is 0 Å². The lowest BCUT2D eigenvalue weighted by Gasteiger charge is -2.30. The molecule has 0 aromatic carbocycles. The first-order chi connectivity index (χ1) is 16.1. The van der Waals surface area contributed by atoms with Gasteiger partial charge in [-0.2, -0.15) is 0 Å². The molecule has 2 rings (SSSR count). The van der Waals surface area contributed by atoms with Gasteiger partial charge in [0.05, 0.1) is 6.04 Å². The Labute approximate surface area is 200 Å². The van der Waals surface area contributed by atoms with Gasteiger partial charge in [0.25, 0.3) is 0 Å². The molecule has 0 radical (unpaired) electrons. The highest BCUT2D eigenvalue weighted by molar-refractivity contribution is 5.94. The van der Waals surface area contributed by atoms with Crippen LogP contribution in [0.15, 0.2) is 4.99 Å². The van der Waals surface area contributed by atoms with Crippen LogP contribution in [0, 0.1) is 5.92 Å². The molecule has 2 heterocycles. The maximum Gasteiger partial charge on any atom is 0.326 e. The number of hydrogen-bond donors (Lipinski definition) is 6. The summed E-state index contributed by atoms with van der Waals surface area (Å²) in [6.07, 6.45) is 3.67. The zero-order chi connectivity index (χ0) is 25.3. The molecule has 0 bridgehead atoms. The van der Waals surface area contributed by atoms with Crippen molar-refractivity contribution in [2.75, 3.05) is 19.6 Å². The van der Waals surface area contributed by atoms with E-state index in [9.17, 15) is 24.3 Å². The number of carboxylic acid groups (broad SMARTS) is 1. The summed E-state index contributed by atoms with van der Waals surface area (Å²) in [5.41, 5.74) is 10.5. The van der Waals surface area contributed by atoms with Crippen LogP contribution < -0.4 is 27.4 Å². The van der Waals surface area contributed by atoms with E-state index in [0.717, 1.165) is 19.4 Å². The summed E-state index contributed by atoms with van der Waals surface area (Å²) in [4.78, 5) is 55.9. The van der Waals surface area contributed by atoms with Gasteiger partial charge in [-0.25, -0.2) is 4.79 Å². The number of guanidine groups is 1. The average Bonchev–Trinajstić information content (AvgIpc) is 3.46. The Morgan fingerprint density at radius 1 is 1.09 bits per heavy atom. The van der Waals surface area contributed by atoms with E-state index in [1.54, 1.807) is 0 Å². The number of nitrogens with one attached hydrogen (secondary N) is 3. The second-order valence-electron chi connectivity index (χ2n) is 9.38. The van der Waals surface area contributed by atoms with Crippen molar-refractivity contribution < 1.29 is 24.3 Å². The molecule has 34 heavy (non-hydrogen) atoms. The number of nitrogens with two attached hydrogens (primary N) is 2. The normalized spacial score (nSPS) is 21.7. The van der Waals surface area contributed by atoms with Crippen LogP contribution >= 0.6 is 0 Å². The SMILES string of the molecule is CC(C)CC(NC(=O)C1CCCN1)C(=O)N1CCCC1C(=O)NC(CCCN=C(N)N)C(=O)O. The van der Waals surface area contributed by atoms with Gasteiger partial charge in [0, 0.05) is 13.1 Å². The molecule has 0 saturated carbocycles. The molecule has 0 aromatic heterocycles. The molecule has 12 nitrogen and oxygen atoms in total. The molecule has 2 aliphatic rings. The van der Waals surface area contributed by atoms with Gasteiger partial charge in [0.15, 0.2) is 5.96 Å². The van der Waals surface area contributed by atoms with Crippen molar-refractivity contribution in [2.24, 2.45) is 22.4 Å². The van der Waals surface area contributed by atoms with Crippen LogP contribution in [-0.2, 0) is 19.2 Å². The smallest absolute Gasteiger partial charge is 0.326 e. The van der Waals surface area contributed by atoms with Crippen LogP contribution in [0.2, 0.25) is 0 Å². The Morgan fingerprint density at radius 2 is 1.79 bits per heavy atom. The van der Waals surface area contributed by atoms with Crippen LogP contribution in [-0.4, -0.2) is 83.5 Å². The molecular formula is C22H39N7O5. The lowest BCUT2D eigenvalue weighted by atomic mass is 10.0. The zero-order valence-corrected chi connectivity index (χ0v) is 20.1. The third-order valence-corrected chi connectivity index (χ3v) is 6.10. The van der Waals surface area contributed by atoms with Crippen molar-refractivity contribution in [3.05, 3.63) is 0 Å². The predicted octanol–water partition coefficient (Wildman–Crippen LogP) is -1.12. The van der Waals surface area contributed by atoms with Crippen LogP contribution in [0.4, 0.5) is 0 Å². The standard InChI is InChI=1S/C22H39N7O5/c1-13(2)12-16(28-18(30)14-6-3-9-25-14)20(32)29-11-5-8-17(29)19(31)27-15(21(33)34)7-4-10-26-22(23)24/h13-17,25H,3-12H2,1-2H3,(H,27,31)(H,28,30)(H,33,34)(H4,23,24,26). The number of rotatable bonds is 12. The number of nitrogens with zero attached hydrogens (tertiary/aromatic N) is 2. The fourth-order valence-electron chi connectivity index (χ4n) is 4.41. The monoisotopic (exact) mass is 481 g/mol. The van der Waals surface area contributed by atoms with E-state index in [-0.39, 0.29) is 42.7 Å². The second-order valence-corrected chi connectivity index (χ2v) is 9.38. The Balaban J connectivity index is 2.03. The number of carboxylic acids is 1. The number of likely N-dealkylation sites (tertiary alicyclic amines) is 1. The third-order valence-electron chi connectivity index (χ3n) is 6.10. The lowest BCUT2D eigenvalue weighted by molar-refractivity contribution is -0.145. The number of hydrogen-bond acceptors (Lipinski definition) is 6. The van der Waals surface area contributed by atoms with Crippen molar-refractivity contribution in [3.63, 3.8) is 0 Å². The highest BCUT2D eigenvalue weighted by Gasteiger charge is 2.39. The van der Waals surface area contributed by atoms with Gasteiger partial charge >= 0.3 is 5.97 Å². The van der Waals surface area contributed by atoms with Crippen molar-refractivity contribution >= 4 is 29.7 Å². The Bertz CT molecular complexity index is 763. The summed E-state index contributed by atoms with van der Waals surface area (Å²) in [6, 6.07) is -2.93. The molecule has 0 spiro atoms. The van der Waals surface area contributed by atoms with Crippen molar-refractivity contribution in [1.29, 1.82) is 0 Å². The number of carbonyl (C=O) groups excluding carboxylic acids is 3. The summed E-state index contributed by atoms with van der Waals surface area (Å²) in [7, 11) is 0.